The molecular weight excluding hydrogens is 707 g/mol. The van der Waals surface area contributed by atoms with Crippen LogP contribution in [0.4, 0.5) is 0 Å². The van der Waals surface area contributed by atoms with Crippen LogP contribution < -0.4 is 5.32 Å². The molecule has 4 atom stereocenters. The predicted octanol–water partition coefficient (Wildman–Crippen LogP) is 13.7. The first kappa shape index (κ1) is 55.5. The van der Waals surface area contributed by atoms with Crippen molar-refractivity contribution in [1.29, 1.82) is 0 Å². The Kier molecular flexibility index (Phi) is 44.4. The lowest BCUT2D eigenvalue weighted by Crippen LogP contribution is -2.53. The molecule has 0 spiro atoms. The number of aliphatic hydroxyl groups excluding tert-OH is 4. The smallest absolute Gasteiger partial charge is 0.249 e. The zero-order chi connectivity index (χ0) is 41.7. The Morgan fingerprint density at radius 1 is 0.421 bits per heavy atom. The molecule has 6 nitrogen and oxygen atoms in total. The summed E-state index contributed by atoms with van der Waals surface area (Å²) in [7, 11) is 0. The van der Waals surface area contributed by atoms with E-state index in [0.717, 1.165) is 38.5 Å². The highest BCUT2D eigenvalue weighted by molar-refractivity contribution is 5.80. The third-order valence-corrected chi connectivity index (χ3v) is 11.6. The van der Waals surface area contributed by atoms with Gasteiger partial charge in [0.2, 0.25) is 5.91 Å². The lowest BCUT2D eigenvalue weighted by atomic mass is 10.00. The molecule has 0 aliphatic rings. The van der Waals surface area contributed by atoms with Gasteiger partial charge in [0.25, 0.3) is 0 Å². The maximum Gasteiger partial charge on any atom is 0.249 e. The second kappa shape index (κ2) is 45.6. The summed E-state index contributed by atoms with van der Waals surface area (Å²) in [5.74, 6) is -0.598. The van der Waals surface area contributed by atoms with Crippen molar-refractivity contribution >= 4 is 5.91 Å². The minimum absolute atomic E-state index is 0.358. The monoisotopic (exact) mass is 804 g/mol. The maximum atomic E-state index is 12.5. The minimum atomic E-state index is -1.29. The average molecular weight is 804 g/mol. The average Bonchev–Trinajstić information content (AvgIpc) is 3.22. The molecule has 0 fully saturated rings. The zero-order valence-electron chi connectivity index (χ0n) is 37.8. The van der Waals surface area contributed by atoms with Crippen molar-refractivity contribution in [3.05, 3.63) is 36.5 Å². The molecule has 0 bridgehead atoms. The van der Waals surface area contributed by atoms with Gasteiger partial charge in [-0.1, -0.05) is 211 Å². The van der Waals surface area contributed by atoms with Gasteiger partial charge >= 0.3 is 0 Å². The van der Waals surface area contributed by atoms with Crippen LogP contribution in [0.2, 0.25) is 0 Å². The van der Waals surface area contributed by atoms with Crippen molar-refractivity contribution in [1.82, 2.24) is 5.32 Å². The molecule has 5 N–H and O–H groups in total. The molecule has 6 heteroatoms. The van der Waals surface area contributed by atoms with Crippen LogP contribution in [0.5, 0.6) is 0 Å². The third-order valence-electron chi connectivity index (χ3n) is 11.6. The molecule has 0 aliphatic heterocycles. The van der Waals surface area contributed by atoms with Crippen molar-refractivity contribution in [2.45, 2.75) is 276 Å². The molecule has 0 aromatic carbocycles. The van der Waals surface area contributed by atoms with E-state index < -0.39 is 36.9 Å². The van der Waals surface area contributed by atoms with Crippen molar-refractivity contribution in [3.63, 3.8) is 0 Å². The second-order valence-electron chi connectivity index (χ2n) is 17.1. The lowest BCUT2D eigenvalue weighted by Gasteiger charge is -2.27. The summed E-state index contributed by atoms with van der Waals surface area (Å²) in [5, 5.41) is 43.7. The van der Waals surface area contributed by atoms with E-state index in [1.807, 2.05) is 0 Å². The molecule has 0 aromatic rings. The Morgan fingerprint density at radius 2 is 0.737 bits per heavy atom. The van der Waals surface area contributed by atoms with Crippen LogP contribution in [-0.4, -0.2) is 57.3 Å². The van der Waals surface area contributed by atoms with E-state index in [2.05, 4.69) is 55.6 Å². The van der Waals surface area contributed by atoms with Crippen LogP contribution in [0.15, 0.2) is 36.5 Å². The molecule has 0 saturated carbocycles. The van der Waals surface area contributed by atoms with E-state index in [0.29, 0.717) is 19.3 Å². The first-order chi connectivity index (χ1) is 28.0. The first-order valence-electron chi connectivity index (χ1n) is 24.9. The van der Waals surface area contributed by atoms with E-state index in [4.69, 9.17) is 0 Å². The second-order valence-corrected chi connectivity index (χ2v) is 17.1. The maximum absolute atomic E-state index is 12.5. The topological polar surface area (TPSA) is 110 Å². The van der Waals surface area contributed by atoms with Crippen LogP contribution in [0, 0.1) is 0 Å². The molecule has 0 aromatic heterocycles. The van der Waals surface area contributed by atoms with Crippen molar-refractivity contribution < 1.29 is 25.2 Å². The predicted molar refractivity (Wildman–Crippen MR) is 247 cm³/mol. The number of amides is 1. The quantitative estimate of drug-likeness (QED) is 0.0311. The van der Waals surface area contributed by atoms with E-state index in [9.17, 15) is 25.2 Å². The normalized spacial score (nSPS) is 14.3. The zero-order valence-corrected chi connectivity index (χ0v) is 37.8. The highest BCUT2D eigenvalue weighted by Gasteiger charge is 2.28. The summed E-state index contributed by atoms with van der Waals surface area (Å²) < 4.78 is 0. The van der Waals surface area contributed by atoms with Crippen LogP contribution in [0.1, 0.15) is 251 Å². The Morgan fingerprint density at radius 3 is 1.11 bits per heavy atom. The van der Waals surface area contributed by atoms with Gasteiger partial charge in [-0.05, 0) is 77.0 Å². The summed E-state index contributed by atoms with van der Waals surface area (Å²) in [5.41, 5.74) is 0. The Labute approximate surface area is 354 Å². The summed E-state index contributed by atoms with van der Waals surface area (Å²) in [6.07, 6.45) is 54.8. The van der Waals surface area contributed by atoms with E-state index in [1.165, 1.54) is 180 Å². The van der Waals surface area contributed by atoms with Crippen molar-refractivity contribution in [2.24, 2.45) is 0 Å². The van der Waals surface area contributed by atoms with Crippen LogP contribution in [0.25, 0.3) is 0 Å². The highest BCUT2D eigenvalue weighted by Crippen LogP contribution is 2.16. The van der Waals surface area contributed by atoms with Gasteiger partial charge in [-0.15, -0.1) is 0 Å². The molecular formula is C51H97NO5. The van der Waals surface area contributed by atoms with Gasteiger partial charge in [0.1, 0.15) is 12.2 Å². The number of rotatable bonds is 45. The number of allylic oxidation sites excluding steroid dienone is 6. The highest BCUT2D eigenvalue weighted by atomic mass is 16.3. The van der Waals surface area contributed by atoms with Gasteiger partial charge in [-0.2, -0.15) is 0 Å². The Balaban J connectivity index is 3.71. The fraction of sp³-hybridized carbons (Fsp3) is 0.863. The summed E-state index contributed by atoms with van der Waals surface area (Å²) in [6, 6.07) is -1.01. The van der Waals surface area contributed by atoms with Gasteiger partial charge in [0.15, 0.2) is 0 Å². The van der Waals surface area contributed by atoms with Crippen LogP contribution >= 0.6 is 0 Å². The largest absolute Gasteiger partial charge is 0.394 e. The van der Waals surface area contributed by atoms with E-state index in [-0.39, 0.29) is 0 Å². The summed E-state index contributed by atoms with van der Waals surface area (Å²) >= 11 is 0. The lowest BCUT2D eigenvalue weighted by molar-refractivity contribution is -0.132. The van der Waals surface area contributed by atoms with Gasteiger partial charge in [-0.25, -0.2) is 0 Å². The third kappa shape index (κ3) is 39.7. The number of nitrogens with one attached hydrogen (secondary N) is 1. The molecule has 0 saturated heterocycles. The molecule has 0 rings (SSSR count). The number of carbonyl (C=O) groups is 1. The molecule has 1 amide bonds. The number of carbonyl (C=O) groups excluding carboxylic acids is 1. The number of hydrogen-bond acceptors (Lipinski definition) is 5. The summed E-state index contributed by atoms with van der Waals surface area (Å²) in [4.78, 5) is 12.5. The number of hydrogen-bond donors (Lipinski definition) is 5. The fourth-order valence-electron chi connectivity index (χ4n) is 7.59. The van der Waals surface area contributed by atoms with E-state index in [1.54, 1.807) is 0 Å². The molecule has 0 heterocycles. The van der Waals surface area contributed by atoms with Gasteiger partial charge in [0.05, 0.1) is 18.8 Å². The number of unbranched alkanes of at least 4 members (excludes halogenated alkanes) is 30. The van der Waals surface area contributed by atoms with E-state index >= 15 is 0 Å². The van der Waals surface area contributed by atoms with Gasteiger partial charge < -0.3 is 25.7 Å². The van der Waals surface area contributed by atoms with Gasteiger partial charge in [0, 0.05) is 0 Å². The van der Waals surface area contributed by atoms with Crippen molar-refractivity contribution in [3.8, 4) is 0 Å². The van der Waals surface area contributed by atoms with Crippen molar-refractivity contribution in [2.75, 3.05) is 6.61 Å². The minimum Gasteiger partial charge on any atom is -0.394 e. The molecule has 4 unspecified atom stereocenters. The Bertz CT molecular complexity index is 904. The number of aliphatic hydroxyl groups is 4. The summed E-state index contributed by atoms with van der Waals surface area (Å²) in [6.45, 7) is 4.04. The Hall–Kier alpha value is -1.47. The van der Waals surface area contributed by atoms with Crippen LogP contribution in [-0.2, 0) is 4.79 Å². The van der Waals surface area contributed by atoms with Gasteiger partial charge in [-0.3, -0.25) is 4.79 Å². The molecule has 336 valence electrons. The standard InChI is InChI=1S/C51H97NO5/c1-3-5-7-9-11-13-15-17-19-21-22-23-24-25-26-27-28-29-31-33-35-37-39-41-43-45-49(55)51(57)52-47(46-53)50(56)48(54)44-42-40-38-36-34-32-30-20-18-16-14-12-10-8-6-4-2/h20,25-26,30,36,38,47-50,53-56H,3-19,21-24,27-29,31-35,37,39-46H2,1-2H3,(H,52,57)/b26-25-,30-20+,38-36+. The molecule has 0 radical (unpaired) electrons. The first-order valence-corrected chi connectivity index (χ1v) is 24.9. The van der Waals surface area contributed by atoms with Crippen LogP contribution in [0.3, 0.4) is 0 Å². The molecule has 0 aliphatic carbocycles. The SMILES string of the molecule is CCCCCCCCC/C=C/CC/C=C/CCCC(O)C(O)C(CO)NC(=O)C(O)CCCCCCCCCCC/C=C\CCCCCCCCCCCCCC. The molecule has 57 heavy (non-hydrogen) atoms. The fourth-order valence-corrected chi connectivity index (χ4v) is 7.59.